The summed E-state index contributed by atoms with van der Waals surface area (Å²) in [4.78, 5) is 15.2. The van der Waals surface area contributed by atoms with Gasteiger partial charge in [0.15, 0.2) is 0 Å². The predicted octanol–water partition coefficient (Wildman–Crippen LogP) is 2.97. The van der Waals surface area contributed by atoms with Crippen LogP contribution in [0.5, 0.6) is 0 Å². The molecule has 0 unspecified atom stereocenters. The van der Waals surface area contributed by atoms with Crippen molar-refractivity contribution in [2.24, 2.45) is 0 Å². The molecule has 6 heteroatoms. The molecule has 82 valence electrons. The van der Waals surface area contributed by atoms with E-state index in [9.17, 15) is 4.79 Å². The Hall–Kier alpha value is -2.01. The Balaban J connectivity index is 1.97. The number of anilines is 2. The number of hydrogen-bond donors (Lipinski definition) is 2. The summed E-state index contributed by atoms with van der Waals surface area (Å²) in [7, 11) is 0. The second kappa shape index (κ2) is 4.67. The molecule has 2 rings (SSSR count). The molecule has 0 saturated carbocycles. The van der Waals surface area contributed by atoms with Crippen molar-refractivity contribution in [2.75, 3.05) is 10.6 Å². The zero-order chi connectivity index (χ0) is 11.4. The molecule has 0 fully saturated rings. The molecule has 5 nitrogen and oxygen atoms in total. The summed E-state index contributed by atoms with van der Waals surface area (Å²) in [5.41, 5.74) is 0.594. The third-order valence-corrected chi connectivity index (χ3v) is 1.97. The van der Waals surface area contributed by atoms with Crippen LogP contribution in [0.15, 0.2) is 41.1 Å². The van der Waals surface area contributed by atoms with Crippen LogP contribution in [0.25, 0.3) is 0 Å². The minimum Gasteiger partial charge on any atom is -0.432 e. The van der Waals surface area contributed by atoms with E-state index in [4.69, 9.17) is 16.0 Å². The Morgan fingerprint density at radius 3 is 2.94 bits per heavy atom. The van der Waals surface area contributed by atoms with E-state index in [2.05, 4.69) is 15.6 Å². The lowest BCUT2D eigenvalue weighted by Crippen LogP contribution is -2.19. The quantitative estimate of drug-likeness (QED) is 0.844. The minimum absolute atomic E-state index is 0.138. The third-order valence-electron chi connectivity index (χ3n) is 1.74. The highest BCUT2D eigenvalue weighted by Gasteiger charge is 2.05. The summed E-state index contributed by atoms with van der Waals surface area (Å²) in [5, 5.41) is 5.56. The largest absolute Gasteiger partial charge is 0.432 e. The van der Waals surface area contributed by atoms with Crippen LogP contribution < -0.4 is 10.6 Å². The molecule has 2 aromatic rings. The maximum Gasteiger partial charge on any atom is 0.327 e. The Kier molecular flexibility index (Phi) is 3.07. The van der Waals surface area contributed by atoms with Crippen molar-refractivity contribution < 1.29 is 9.21 Å². The molecular weight excluding hydrogens is 230 g/mol. The van der Waals surface area contributed by atoms with Crippen LogP contribution in [0, 0.1) is 0 Å². The number of benzene rings is 1. The van der Waals surface area contributed by atoms with E-state index in [1.807, 2.05) is 0 Å². The second-order valence-electron chi connectivity index (χ2n) is 2.93. The van der Waals surface area contributed by atoms with Gasteiger partial charge in [-0.05, 0) is 18.2 Å². The second-order valence-corrected chi connectivity index (χ2v) is 3.36. The van der Waals surface area contributed by atoms with Gasteiger partial charge in [-0.25, -0.2) is 9.78 Å². The minimum atomic E-state index is -0.440. The number of amides is 2. The number of oxazole rings is 1. The molecular formula is C10H8ClN3O2. The highest BCUT2D eigenvalue weighted by atomic mass is 35.5. The molecule has 1 aromatic heterocycles. The van der Waals surface area contributed by atoms with Gasteiger partial charge in [0.1, 0.15) is 6.26 Å². The lowest BCUT2D eigenvalue weighted by molar-refractivity contribution is 0.261. The number of carbonyl (C=O) groups excluding carboxylic acids is 1. The molecule has 0 atom stereocenters. The van der Waals surface area contributed by atoms with Crippen molar-refractivity contribution in [1.29, 1.82) is 0 Å². The number of urea groups is 1. The van der Waals surface area contributed by atoms with E-state index in [-0.39, 0.29) is 6.01 Å². The molecule has 0 saturated heterocycles. The van der Waals surface area contributed by atoms with Crippen molar-refractivity contribution >= 4 is 29.3 Å². The average molecular weight is 238 g/mol. The van der Waals surface area contributed by atoms with Crippen LogP contribution in [-0.4, -0.2) is 11.0 Å². The SMILES string of the molecule is O=C(Nc1cccc(Cl)c1)Nc1ncco1. The summed E-state index contributed by atoms with van der Waals surface area (Å²) >= 11 is 5.77. The predicted molar refractivity (Wildman–Crippen MR) is 60.6 cm³/mol. The first-order valence-electron chi connectivity index (χ1n) is 4.47. The van der Waals surface area contributed by atoms with Gasteiger partial charge >= 0.3 is 12.0 Å². The van der Waals surface area contributed by atoms with Crippen LogP contribution >= 0.6 is 11.6 Å². The van der Waals surface area contributed by atoms with Crippen molar-refractivity contribution in [3.8, 4) is 0 Å². The lowest BCUT2D eigenvalue weighted by Gasteiger charge is -2.04. The Labute approximate surface area is 96.4 Å². The van der Waals surface area contributed by atoms with Gasteiger partial charge < -0.3 is 9.73 Å². The highest BCUT2D eigenvalue weighted by molar-refractivity contribution is 6.30. The van der Waals surface area contributed by atoms with Crippen LogP contribution in [0.2, 0.25) is 5.02 Å². The molecule has 0 radical (unpaired) electrons. The summed E-state index contributed by atoms with van der Waals surface area (Å²) in [6.07, 6.45) is 2.81. The molecule has 2 amide bonds. The number of carbonyl (C=O) groups is 1. The number of hydrogen-bond acceptors (Lipinski definition) is 3. The van der Waals surface area contributed by atoms with Gasteiger partial charge in [-0.1, -0.05) is 17.7 Å². The average Bonchev–Trinajstić information content (AvgIpc) is 2.70. The summed E-state index contributed by atoms with van der Waals surface area (Å²) in [6, 6.07) is 6.52. The lowest BCUT2D eigenvalue weighted by atomic mass is 10.3. The first-order chi connectivity index (χ1) is 7.74. The Bertz CT molecular complexity index is 485. The van der Waals surface area contributed by atoms with Gasteiger partial charge in [-0.2, -0.15) is 0 Å². The fourth-order valence-corrected chi connectivity index (χ4v) is 1.30. The monoisotopic (exact) mass is 237 g/mol. The molecule has 0 aliphatic heterocycles. The van der Waals surface area contributed by atoms with Crippen LogP contribution in [0.3, 0.4) is 0 Å². The van der Waals surface area contributed by atoms with E-state index < -0.39 is 6.03 Å². The maximum absolute atomic E-state index is 11.4. The van der Waals surface area contributed by atoms with Gasteiger partial charge in [-0.3, -0.25) is 5.32 Å². The first-order valence-corrected chi connectivity index (χ1v) is 4.85. The molecule has 16 heavy (non-hydrogen) atoms. The van der Waals surface area contributed by atoms with Crippen LogP contribution in [-0.2, 0) is 0 Å². The molecule has 0 aliphatic rings. The maximum atomic E-state index is 11.4. The number of rotatable bonds is 2. The smallest absolute Gasteiger partial charge is 0.327 e. The normalized spacial score (nSPS) is 9.81. The Morgan fingerprint density at radius 2 is 2.25 bits per heavy atom. The van der Waals surface area contributed by atoms with Gasteiger partial charge in [0.2, 0.25) is 0 Å². The molecule has 0 bridgehead atoms. The molecule has 0 spiro atoms. The van der Waals surface area contributed by atoms with Gasteiger partial charge in [0, 0.05) is 10.7 Å². The van der Waals surface area contributed by atoms with Crippen molar-refractivity contribution in [1.82, 2.24) is 4.98 Å². The van der Waals surface area contributed by atoms with Gasteiger partial charge in [0.05, 0.1) is 6.20 Å². The molecule has 1 heterocycles. The van der Waals surface area contributed by atoms with E-state index >= 15 is 0 Å². The van der Waals surface area contributed by atoms with Gasteiger partial charge in [0.25, 0.3) is 0 Å². The number of aromatic nitrogens is 1. The van der Waals surface area contributed by atoms with Crippen molar-refractivity contribution in [3.63, 3.8) is 0 Å². The first kappa shape index (κ1) is 10.5. The van der Waals surface area contributed by atoms with E-state index in [1.54, 1.807) is 24.3 Å². The zero-order valence-electron chi connectivity index (χ0n) is 8.11. The number of nitrogens with zero attached hydrogens (tertiary/aromatic N) is 1. The van der Waals surface area contributed by atoms with E-state index in [0.29, 0.717) is 10.7 Å². The number of nitrogens with one attached hydrogen (secondary N) is 2. The molecule has 0 aliphatic carbocycles. The van der Waals surface area contributed by atoms with Crippen molar-refractivity contribution in [2.45, 2.75) is 0 Å². The third kappa shape index (κ3) is 2.74. The van der Waals surface area contributed by atoms with E-state index in [0.717, 1.165) is 0 Å². The van der Waals surface area contributed by atoms with Crippen LogP contribution in [0.4, 0.5) is 16.5 Å². The zero-order valence-corrected chi connectivity index (χ0v) is 8.86. The van der Waals surface area contributed by atoms with E-state index in [1.165, 1.54) is 12.5 Å². The number of halogens is 1. The highest BCUT2D eigenvalue weighted by Crippen LogP contribution is 2.15. The summed E-state index contributed by atoms with van der Waals surface area (Å²) in [6.45, 7) is 0. The summed E-state index contributed by atoms with van der Waals surface area (Å²) < 4.78 is 4.86. The topological polar surface area (TPSA) is 67.2 Å². The standard InChI is InChI=1S/C10H8ClN3O2/c11-7-2-1-3-8(6-7)13-9(15)14-10-12-4-5-16-10/h1-6H,(H2,12,13,14,15). The Morgan fingerprint density at radius 1 is 1.38 bits per heavy atom. The fraction of sp³-hybridized carbons (Fsp3) is 0. The fourth-order valence-electron chi connectivity index (χ4n) is 1.11. The molecule has 1 aromatic carbocycles. The summed E-state index contributed by atoms with van der Waals surface area (Å²) in [5.74, 6) is 0. The molecule has 2 N–H and O–H groups in total. The van der Waals surface area contributed by atoms with Crippen LogP contribution in [0.1, 0.15) is 0 Å². The van der Waals surface area contributed by atoms with Gasteiger partial charge in [-0.15, -0.1) is 0 Å². The van der Waals surface area contributed by atoms with Crippen molar-refractivity contribution in [3.05, 3.63) is 41.7 Å².